The Kier molecular flexibility index (Phi) is 8.93. The average molecular weight is 527 g/mol. The molecule has 1 aliphatic heterocycles. The monoisotopic (exact) mass is 526 g/mol. The van der Waals surface area contributed by atoms with Crippen LogP contribution in [0.3, 0.4) is 0 Å². The Morgan fingerprint density at radius 1 is 0.889 bits per heavy atom. The Morgan fingerprint density at radius 2 is 1.47 bits per heavy atom. The highest BCUT2D eigenvalue weighted by molar-refractivity contribution is 7.80. The number of methoxy groups -OCH3 is 5. The maximum Gasteiger partial charge on any atom is 0.397 e. The summed E-state index contributed by atoms with van der Waals surface area (Å²) in [5, 5.41) is 0. The van der Waals surface area contributed by atoms with E-state index < -0.39 is 10.4 Å². The molecule has 0 saturated heterocycles. The summed E-state index contributed by atoms with van der Waals surface area (Å²) >= 11 is 0. The highest BCUT2D eigenvalue weighted by Gasteiger charge is 2.40. The van der Waals surface area contributed by atoms with E-state index >= 15 is 0 Å². The van der Waals surface area contributed by atoms with Crippen molar-refractivity contribution in [2.45, 2.75) is 25.3 Å². The zero-order valence-electron chi connectivity index (χ0n) is 21.7. The van der Waals surface area contributed by atoms with Crippen LogP contribution in [0.2, 0.25) is 0 Å². The van der Waals surface area contributed by atoms with Gasteiger partial charge in [0.1, 0.15) is 6.04 Å². The van der Waals surface area contributed by atoms with E-state index in [1.807, 2.05) is 24.3 Å². The number of ether oxygens (including phenoxy) is 5. The van der Waals surface area contributed by atoms with E-state index in [4.69, 9.17) is 28.2 Å². The van der Waals surface area contributed by atoms with Gasteiger partial charge in [0.2, 0.25) is 5.75 Å². The summed E-state index contributed by atoms with van der Waals surface area (Å²) in [6.07, 6.45) is 1.91. The van der Waals surface area contributed by atoms with Crippen molar-refractivity contribution in [3.63, 3.8) is 0 Å². The molecule has 1 aliphatic rings. The van der Waals surface area contributed by atoms with Gasteiger partial charge in [0.05, 0.1) is 62.3 Å². The molecule has 0 spiro atoms. The van der Waals surface area contributed by atoms with Crippen LogP contribution in [0.15, 0.2) is 24.3 Å². The normalized spacial score (nSPS) is 19.4. The summed E-state index contributed by atoms with van der Waals surface area (Å²) in [5.41, 5.74) is 3.30. The van der Waals surface area contributed by atoms with Crippen molar-refractivity contribution in [3.8, 4) is 28.7 Å². The molecule has 10 nitrogen and oxygen atoms in total. The van der Waals surface area contributed by atoms with Gasteiger partial charge in [0.15, 0.2) is 23.0 Å². The molecule has 0 radical (unpaired) electrons. The molecule has 36 heavy (non-hydrogen) atoms. The molecule has 0 fully saturated rings. The smallest absolute Gasteiger partial charge is 0.397 e. The van der Waals surface area contributed by atoms with Gasteiger partial charge in [0, 0.05) is 24.8 Å². The van der Waals surface area contributed by atoms with Gasteiger partial charge in [-0.15, -0.1) is 0 Å². The van der Waals surface area contributed by atoms with Crippen molar-refractivity contribution >= 4 is 10.4 Å². The lowest BCUT2D eigenvalue weighted by atomic mass is 9.86. The first-order chi connectivity index (χ1) is 17.1. The van der Waals surface area contributed by atoms with Gasteiger partial charge in [-0.2, -0.15) is 8.42 Å². The van der Waals surface area contributed by atoms with Crippen molar-refractivity contribution in [2.24, 2.45) is 0 Å². The van der Waals surface area contributed by atoms with E-state index in [2.05, 4.69) is 11.2 Å². The molecular formula is C25H36NO9S+. The Bertz CT molecular complexity index is 1140. The van der Waals surface area contributed by atoms with E-state index in [1.54, 1.807) is 35.5 Å². The van der Waals surface area contributed by atoms with Crippen LogP contribution in [0.5, 0.6) is 28.7 Å². The molecule has 2 aromatic carbocycles. The maximum absolute atomic E-state index is 11.0. The number of fused-ring (bicyclic) bond motifs is 1. The topological polar surface area (TPSA) is 110 Å². The Morgan fingerprint density at radius 3 is 2.00 bits per heavy atom. The summed E-state index contributed by atoms with van der Waals surface area (Å²) in [6, 6.07) is 7.95. The summed E-state index contributed by atoms with van der Waals surface area (Å²) in [7, 11) is 5.65. The molecule has 2 atom stereocenters. The third kappa shape index (κ3) is 6.15. The van der Waals surface area contributed by atoms with E-state index in [-0.39, 0.29) is 12.6 Å². The lowest BCUT2D eigenvalue weighted by molar-refractivity contribution is -0.941. The van der Waals surface area contributed by atoms with Crippen molar-refractivity contribution in [1.82, 2.24) is 0 Å². The molecule has 0 saturated carbocycles. The third-order valence-electron chi connectivity index (χ3n) is 6.85. The van der Waals surface area contributed by atoms with Crippen molar-refractivity contribution < 1.29 is 45.3 Å². The SMILES string of the molecule is COc1cc2c(cc1OC)[C@@H](Cc1cc(OC)c(OC)c(OC)c1)[N+](C)(CCCOS(=O)(=O)O)CC2. The predicted molar refractivity (Wildman–Crippen MR) is 134 cm³/mol. The van der Waals surface area contributed by atoms with Crippen LogP contribution >= 0.6 is 0 Å². The molecule has 1 heterocycles. The van der Waals surface area contributed by atoms with E-state index in [0.29, 0.717) is 52.6 Å². The zero-order chi connectivity index (χ0) is 26.5. The molecule has 0 aromatic heterocycles. The van der Waals surface area contributed by atoms with E-state index in [1.165, 1.54) is 5.56 Å². The molecule has 200 valence electrons. The minimum absolute atomic E-state index is 0.00194. The molecule has 11 heteroatoms. The van der Waals surface area contributed by atoms with Crippen LogP contribution in [0.4, 0.5) is 0 Å². The fourth-order valence-corrected chi connectivity index (χ4v) is 5.32. The number of hydrogen-bond donors (Lipinski definition) is 1. The van der Waals surface area contributed by atoms with E-state index in [9.17, 15) is 8.42 Å². The molecule has 0 amide bonds. The standard InChI is InChI=1S/C25H35NO9S/c1-26(9-7-11-35-36(27,28)29)10-8-18-15-21(30-2)22(31-3)16-19(18)20(26)12-17-13-23(32-4)25(34-6)24(14-17)33-5/h13-16,20H,7-12H2,1-6H3/p+1/t20-,26?/m1/s1. The average Bonchev–Trinajstić information content (AvgIpc) is 2.86. The highest BCUT2D eigenvalue weighted by atomic mass is 32.3. The summed E-state index contributed by atoms with van der Waals surface area (Å²) in [4.78, 5) is 0. The van der Waals surface area contributed by atoms with Crippen LogP contribution < -0.4 is 23.7 Å². The first-order valence-electron chi connectivity index (χ1n) is 11.6. The summed E-state index contributed by atoms with van der Waals surface area (Å²) < 4.78 is 63.9. The van der Waals surface area contributed by atoms with Gasteiger partial charge in [-0.1, -0.05) is 0 Å². The summed E-state index contributed by atoms with van der Waals surface area (Å²) in [5.74, 6) is 3.01. The number of likely N-dealkylation sites (N-methyl/N-ethyl adjacent to an activating group) is 1. The number of benzene rings is 2. The molecule has 2 aromatic rings. The molecule has 0 aliphatic carbocycles. The van der Waals surface area contributed by atoms with Crippen LogP contribution in [0, 0.1) is 0 Å². The quantitative estimate of drug-likeness (QED) is 0.253. The lowest BCUT2D eigenvalue weighted by Gasteiger charge is -2.46. The van der Waals surface area contributed by atoms with Crippen LogP contribution in [-0.4, -0.2) is 79.7 Å². The van der Waals surface area contributed by atoms with Crippen LogP contribution in [0.1, 0.15) is 29.2 Å². The van der Waals surface area contributed by atoms with Gasteiger partial charge in [-0.25, -0.2) is 4.18 Å². The fraction of sp³-hybridized carbons (Fsp3) is 0.520. The zero-order valence-corrected chi connectivity index (χ0v) is 22.5. The molecule has 1 N–H and O–H groups in total. The fourth-order valence-electron chi connectivity index (χ4n) is 5.00. The minimum atomic E-state index is -4.47. The van der Waals surface area contributed by atoms with Crippen molar-refractivity contribution in [1.29, 1.82) is 0 Å². The molecule has 0 bridgehead atoms. The van der Waals surface area contributed by atoms with Gasteiger partial charge in [-0.3, -0.25) is 4.55 Å². The number of nitrogens with zero attached hydrogens (tertiary/aromatic N) is 1. The largest absolute Gasteiger partial charge is 0.493 e. The second kappa shape index (κ2) is 11.5. The summed E-state index contributed by atoms with van der Waals surface area (Å²) in [6.45, 7) is 1.37. The first kappa shape index (κ1) is 27.9. The van der Waals surface area contributed by atoms with Gasteiger partial charge < -0.3 is 28.2 Å². The maximum atomic E-state index is 11.0. The van der Waals surface area contributed by atoms with Gasteiger partial charge in [0.25, 0.3) is 0 Å². The van der Waals surface area contributed by atoms with Crippen LogP contribution in [-0.2, 0) is 27.4 Å². The van der Waals surface area contributed by atoms with Crippen molar-refractivity contribution in [2.75, 3.05) is 62.3 Å². The minimum Gasteiger partial charge on any atom is -0.493 e. The number of quaternary nitrogens is 1. The van der Waals surface area contributed by atoms with Crippen LogP contribution in [0.25, 0.3) is 0 Å². The Balaban J connectivity index is 2.04. The Labute approximate surface area is 213 Å². The third-order valence-corrected chi connectivity index (χ3v) is 7.31. The molecule has 3 rings (SSSR count). The molecular weight excluding hydrogens is 490 g/mol. The lowest BCUT2D eigenvalue weighted by Crippen LogP contribution is -2.52. The highest BCUT2D eigenvalue weighted by Crippen LogP contribution is 2.44. The second-order valence-electron chi connectivity index (χ2n) is 8.94. The first-order valence-corrected chi connectivity index (χ1v) is 12.9. The van der Waals surface area contributed by atoms with Gasteiger partial charge in [-0.05, 0) is 35.4 Å². The number of rotatable bonds is 12. The van der Waals surface area contributed by atoms with Gasteiger partial charge >= 0.3 is 10.4 Å². The Hall–Kier alpha value is -2.73. The molecule has 1 unspecified atom stereocenters. The predicted octanol–water partition coefficient (Wildman–Crippen LogP) is 3.23. The van der Waals surface area contributed by atoms with E-state index in [0.717, 1.165) is 24.1 Å². The number of hydrogen-bond acceptors (Lipinski definition) is 8. The second-order valence-corrected chi connectivity index (χ2v) is 10.0. The van der Waals surface area contributed by atoms with Crippen molar-refractivity contribution in [3.05, 3.63) is 41.0 Å².